The molecule has 0 aromatic rings. The first-order valence-electron chi connectivity index (χ1n) is 6.53. The lowest BCUT2D eigenvalue weighted by Crippen LogP contribution is -2.50. The molecule has 0 radical (unpaired) electrons. The Balaban J connectivity index is 2.42. The molecule has 1 saturated carbocycles. The molecule has 0 bridgehead atoms. The van der Waals surface area contributed by atoms with Crippen molar-refractivity contribution in [3.8, 4) is 12.3 Å². The first kappa shape index (κ1) is 14.1. The van der Waals surface area contributed by atoms with Crippen molar-refractivity contribution in [2.24, 2.45) is 11.8 Å². The molecule has 1 rings (SSSR count). The summed E-state index contributed by atoms with van der Waals surface area (Å²) in [5.41, 5.74) is 0. The largest absolute Gasteiger partial charge is 0.344 e. The second-order valence-corrected chi connectivity index (χ2v) is 5.18. The van der Waals surface area contributed by atoms with Crippen LogP contribution in [0.4, 0.5) is 0 Å². The van der Waals surface area contributed by atoms with Gasteiger partial charge in [0.05, 0.1) is 12.6 Å². The second kappa shape index (κ2) is 6.66. The highest BCUT2D eigenvalue weighted by Gasteiger charge is 2.28. The Bertz CT molecular complexity index is 295. The second-order valence-electron chi connectivity index (χ2n) is 5.18. The van der Waals surface area contributed by atoms with E-state index < -0.39 is 0 Å². The summed E-state index contributed by atoms with van der Waals surface area (Å²) in [4.78, 5) is 11.7. The Kier molecular flexibility index (Phi) is 5.50. The number of nitrogens with one attached hydrogen (secondary N) is 2. The number of amides is 1. The zero-order chi connectivity index (χ0) is 12.8. The Morgan fingerprint density at radius 3 is 2.82 bits per heavy atom. The van der Waals surface area contributed by atoms with Gasteiger partial charge in [-0.2, -0.15) is 0 Å². The van der Waals surface area contributed by atoms with Crippen molar-refractivity contribution in [2.75, 3.05) is 6.54 Å². The van der Waals surface area contributed by atoms with Gasteiger partial charge in [-0.1, -0.05) is 32.6 Å². The van der Waals surface area contributed by atoms with Crippen LogP contribution in [0.25, 0.3) is 0 Å². The lowest BCUT2D eigenvalue weighted by molar-refractivity contribution is -0.122. The van der Waals surface area contributed by atoms with Gasteiger partial charge >= 0.3 is 0 Å². The summed E-state index contributed by atoms with van der Waals surface area (Å²) < 4.78 is 0. The van der Waals surface area contributed by atoms with Gasteiger partial charge in [-0.15, -0.1) is 6.42 Å². The number of hydrogen-bond acceptors (Lipinski definition) is 2. The van der Waals surface area contributed by atoms with Crippen molar-refractivity contribution >= 4 is 5.91 Å². The van der Waals surface area contributed by atoms with Crippen LogP contribution in [0.1, 0.15) is 40.0 Å². The Morgan fingerprint density at radius 2 is 2.18 bits per heavy atom. The Hall–Kier alpha value is -1.01. The lowest BCUT2D eigenvalue weighted by atomic mass is 9.78. The predicted octanol–water partition coefficient (Wildman–Crippen LogP) is 1.54. The lowest BCUT2D eigenvalue weighted by Gasteiger charge is -2.36. The molecule has 0 spiro atoms. The zero-order valence-corrected chi connectivity index (χ0v) is 11.1. The molecule has 4 unspecified atom stereocenters. The molecule has 0 heterocycles. The van der Waals surface area contributed by atoms with Gasteiger partial charge in [-0.05, 0) is 25.2 Å². The third-order valence-corrected chi connectivity index (χ3v) is 3.93. The highest BCUT2D eigenvalue weighted by molar-refractivity contribution is 5.81. The van der Waals surface area contributed by atoms with E-state index in [-0.39, 0.29) is 11.9 Å². The Labute approximate surface area is 105 Å². The third-order valence-electron chi connectivity index (χ3n) is 3.93. The topological polar surface area (TPSA) is 41.1 Å². The molecular formula is C14H24N2O. The molecule has 1 aliphatic rings. The highest BCUT2D eigenvalue weighted by atomic mass is 16.2. The average Bonchev–Trinajstić information content (AvgIpc) is 2.31. The zero-order valence-electron chi connectivity index (χ0n) is 11.1. The predicted molar refractivity (Wildman–Crippen MR) is 70.4 cm³/mol. The van der Waals surface area contributed by atoms with Gasteiger partial charge in [-0.25, -0.2) is 0 Å². The van der Waals surface area contributed by atoms with E-state index in [1.165, 1.54) is 12.8 Å². The number of terminal acetylenes is 1. The third kappa shape index (κ3) is 4.05. The van der Waals surface area contributed by atoms with Crippen LogP contribution in [0.3, 0.4) is 0 Å². The smallest absolute Gasteiger partial charge is 0.237 e. The van der Waals surface area contributed by atoms with E-state index in [1.807, 2.05) is 6.92 Å². The van der Waals surface area contributed by atoms with Crippen molar-refractivity contribution in [1.82, 2.24) is 10.6 Å². The van der Waals surface area contributed by atoms with E-state index in [0.29, 0.717) is 18.5 Å². The summed E-state index contributed by atoms with van der Waals surface area (Å²) in [6.07, 6.45) is 8.84. The summed E-state index contributed by atoms with van der Waals surface area (Å²) in [5, 5.41) is 6.14. The molecule has 0 aliphatic heterocycles. The van der Waals surface area contributed by atoms with Crippen molar-refractivity contribution in [3.63, 3.8) is 0 Å². The summed E-state index contributed by atoms with van der Waals surface area (Å²) in [7, 11) is 0. The van der Waals surface area contributed by atoms with Gasteiger partial charge in [0.15, 0.2) is 0 Å². The van der Waals surface area contributed by atoms with E-state index in [4.69, 9.17) is 6.42 Å². The standard InChI is InChI=1S/C14H24N2O/c1-5-9-15-14(17)12(4)16-13-8-6-7-10(2)11(13)3/h1,10-13,16H,6-9H2,2-4H3,(H,15,17). The minimum atomic E-state index is -0.166. The molecule has 1 fully saturated rings. The van der Waals surface area contributed by atoms with Gasteiger partial charge in [0.1, 0.15) is 0 Å². The maximum atomic E-state index is 11.7. The highest BCUT2D eigenvalue weighted by Crippen LogP contribution is 2.29. The summed E-state index contributed by atoms with van der Waals surface area (Å²) in [6, 6.07) is 0.284. The molecule has 1 amide bonds. The quantitative estimate of drug-likeness (QED) is 0.727. The normalized spacial score (nSPS) is 30.4. The Morgan fingerprint density at radius 1 is 1.47 bits per heavy atom. The molecule has 4 atom stereocenters. The molecule has 96 valence electrons. The fourth-order valence-corrected chi connectivity index (χ4v) is 2.51. The average molecular weight is 236 g/mol. The number of carbonyl (C=O) groups excluding carboxylic acids is 1. The monoisotopic (exact) mass is 236 g/mol. The van der Waals surface area contributed by atoms with Gasteiger partial charge in [-0.3, -0.25) is 4.79 Å². The summed E-state index contributed by atoms with van der Waals surface area (Å²) in [6.45, 7) is 6.77. The number of carbonyl (C=O) groups is 1. The van der Waals surface area contributed by atoms with Gasteiger partial charge in [0.2, 0.25) is 5.91 Å². The first-order chi connectivity index (χ1) is 8.06. The minimum Gasteiger partial charge on any atom is -0.344 e. The number of hydrogen-bond donors (Lipinski definition) is 2. The molecule has 3 nitrogen and oxygen atoms in total. The van der Waals surface area contributed by atoms with Crippen LogP contribution < -0.4 is 10.6 Å². The molecule has 0 aromatic heterocycles. The van der Waals surface area contributed by atoms with Gasteiger partial charge < -0.3 is 10.6 Å². The molecule has 0 saturated heterocycles. The van der Waals surface area contributed by atoms with Crippen LogP contribution in [0, 0.1) is 24.2 Å². The van der Waals surface area contributed by atoms with E-state index >= 15 is 0 Å². The van der Waals surface area contributed by atoms with Gasteiger partial charge in [0.25, 0.3) is 0 Å². The van der Waals surface area contributed by atoms with Crippen LogP contribution in [0.5, 0.6) is 0 Å². The van der Waals surface area contributed by atoms with Crippen molar-refractivity contribution in [3.05, 3.63) is 0 Å². The van der Waals surface area contributed by atoms with Gasteiger partial charge in [0, 0.05) is 6.04 Å². The van der Waals surface area contributed by atoms with E-state index in [2.05, 4.69) is 30.4 Å². The van der Waals surface area contributed by atoms with E-state index in [9.17, 15) is 4.79 Å². The van der Waals surface area contributed by atoms with Crippen LogP contribution in [-0.4, -0.2) is 24.5 Å². The molecule has 3 heteroatoms. The van der Waals surface area contributed by atoms with Crippen LogP contribution in [-0.2, 0) is 4.79 Å². The molecular weight excluding hydrogens is 212 g/mol. The fraction of sp³-hybridized carbons (Fsp3) is 0.786. The molecule has 1 aliphatic carbocycles. The molecule has 0 aromatic carbocycles. The maximum Gasteiger partial charge on any atom is 0.237 e. The summed E-state index contributed by atoms with van der Waals surface area (Å²) >= 11 is 0. The fourth-order valence-electron chi connectivity index (χ4n) is 2.51. The van der Waals surface area contributed by atoms with Crippen molar-refractivity contribution in [1.29, 1.82) is 0 Å². The van der Waals surface area contributed by atoms with Crippen molar-refractivity contribution in [2.45, 2.75) is 52.1 Å². The first-order valence-corrected chi connectivity index (χ1v) is 6.53. The minimum absolute atomic E-state index is 0.00613. The summed E-state index contributed by atoms with van der Waals surface area (Å²) in [5.74, 6) is 3.78. The van der Waals surface area contributed by atoms with Crippen LogP contribution >= 0.6 is 0 Å². The maximum absolute atomic E-state index is 11.7. The van der Waals surface area contributed by atoms with Crippen molar-refractivity contribution < 1.29 is 4.79 Å². The molecule has 2 N–H and O–H groups in total. The number of rotatable bonds is 4. The van der Waals surface area contributed by atoms with Crippen LogP contribution in [0.2, 0.25) is 0 Å². The van der Waals surface area contributed by atoms with Crippen LogP contribution in [0.15, 0.2) is 0 Å². The molecule has 17 heavy (non-hydrogen) atoms. The van der Waals surface area contributed by atoms with E-state index in [1.54, 1.807) is 0 Å². The SMILES string of the molecule is C#CCNC(=O)C(C)NC1CCCC(C)C1C. The van der Waals surface area contributed by atoms with E-state index in [0.717, 1.165) is 12.3 Å².